The lowest BCUT2D eigenvalue weighted by molar-refractivity contribution is 0.154. The van der Waals surface area contributed by atoms with Gasteiger partial charge in [0.25, 0.3) is 0 Å². The van der Waals surface area contributed by atoms with E-state index in [0.717, 1.165) is 42.2 Å². The van der Waals surface area contributed by atoms with Gasteiger partial charge in [-0.15, -0.1) is 0 Å². The SMILES string of the molecule is Cc1c(Cl)cccc1N1CCCC(O)C1. The van der Waals surface area contributed by atoms with Crippen molar-refractivity contribution in [1.82, 2.24) is 0 Å². The molecule has 0 aliphatic carbocycles. The molecule has 0 radical (unpaired) electrons. The smallest absolute Gasteiger partial charge is 0.0715 e. The number of aliphatic hydroxyl groups is 1. The lowest BCUT2D eigenvalue weighted by Gasteiger charge is -2.33. The summed E-state index contributed by atoms with van der Waals surface area (Å²) >= 11 is 6.08. The van der Waals surface area contributed by atoms with Gasteiger partial charge in [0, 0.05) is 23.8 Å². The van der Waals surface area contributed by atoms with E-state index in [0.29, 0.717) is 0 Å². The first kappa shape index (κ1) is 10.8. The number of rotatable bonds is 1. The zero-order valence-electron chi connectivity index (χ0n) is 8.91. The monoisotopic (exact) mass is 225 g/mol. The number of halogens is 1. The minimum atomic E-state index is -0.197. The Kier molecular flexibility index (Phi) is 3.17. The molecule has 1 unspecified atom stereocenters. The van der Waals surface area contributed by atoms with Crippen LogP contribution < -0.4 is 4.90 Å². The van der Waals surface area contributed by atoms with Gasteiger partial charge in [-0.25, -0.2) is 0 Å². The van der Waals surface area contributed by atoms with Crippen LogP contribution in [0.5, 0.6) is 0 Å². The van der Waals surface area contributed by atoms with Crippen LogP contribution in [0, 0.1) is 6.92 Å². The van der Waals surface area contributed by atoms with E-state index in [1.165, 1.54) is 0 Å². The molecule has 82 valence electrons. The summed E-state index contributed by atoms with van der Waals surface area (Å²) in [6, 6.07) is 5.94. The van der Waals surface area contributed by atoms with Gasteiger partial charge in [-0.05, 0) is 37.5 Å². The molecule has 1 atom stereocenters. The molecule has 1 heterocycles. The molecule has 1 fully saturated rings. The van der Waals surface area contributed by atoms with E-state index in [9.17, 15) is 5.11 Å². The number of β-amino-alcohol motifs (C(OH)–C–C–N with tert-alkyl or cyclic N) is 1. The first-order chi connectivity index (χ1) is 7.18. The number of piperidine rings is 1. The van der Waals surface area contributed by atoms with E-state index < -0.39 is 0 Å². The molecule has 2 rings (SSSR count). The van der Waals surface area contributed by atoms with Gasteiger partial charge in [0.2, 0.25) is 0 Å². The zero-order valence-corrected chi connectivity index (χ0v) is 9.67. The molecule has 0 aromatic heterocycles. The standard InChI is InChI=1S/C12H16ClNO/c1-9-11(13)5-2-6-12(9)14-7-3-4-10(15)8-14/h2,5-6,10,15H,3-4,7-8H2,1H3. The average molecular weight is 226 g/mol. The van der Waals surface area contributed by atoms with Gasteiger partial charge in [-0.2, -0.15) is 0 Å². The topological polar surface area (TPSA) is 23.5 Å². The Morgan fingerprint density at radius 2 is 2.27 bits per heavy atom. The number of anilines is 1. The predicted octanol–water partition coefficient (Wildman–Crippen LogP) is 2.61. The normalized spacial score (nSPS) is 21.8. The summed E-state index contributed by atoms with van der Waals surface area (Å²) in [4.78, 5) is 2.22. The maximum Gasteiger partial charge on any atom is 0.0715 e. The second kappa shape index (κ2) is 4.42. The van der Waals surface area contributed by atoms with Crippen LogP contribution in [0.4, 0.5) is 5.69 Å². The average Bonchev–Trinajstić information content (AvgIpc) is 2.22. The molecule has 2 nitrogen and oxygen atoms in total. The van der Waals surface area contributed by atoms with Gasteiger partial charge in [-0.1, -0.05) is 17.7 Å². The third-order valence-corrected chi connectivity index (χ3v) is 3.39. The second-order valence-corrected chi connectivity index (χ2v) is 4.53. The molecule has 1 aliphatic rings. The highest BCUT2D eigenvalue weighted by atomic mass is 35.5. The Morgan fingerprint density at radius 3 is 3.00 bits per heavy atom. The van der Waals surface area contributed by atoms with Gasteiger partial charge >= 0.3 is 0 Å². The fourth-order valence-electron chi connectivity index (χ4n) is 2.11. The summed E-state index contributed by atoms with van der Waals surface area (Å²) in [6.45, 7) is 3.76. The lowest BCUT2D eigenvalue weighted by atomic mass is 10.1. The van der Waals surface area contributed by atoms with Crippen molar-refractivity contribution in [2.75, 3.05) is 18.0 Å². The van der Waals surface area contributed by atoms with Crippen LogP contribution in [0.15, 0.2) is 18.2 Å². The van der Waals surface area contributed by atoms with Crippen LogP contribution in [-0.4, -0.2) is 24.3 Å². The fourth-order valence-corrected chi connectivity index (χ4v) is 2.28. The van der Waals surface area contributed by atoms with Crippen molar-refractivity contribution in [2.24, 2.45) is 0 Å². The molecule has 1 N–H and O–H groups in total. The summed E-state index contributed by atoms with van der Waals surface area (Å²) in [5.74, 6) is 0. The van der Waals surface area contributed by atoms with Crippen molar-refractivity contribution in [3.05, 3.63) is 28.8 Å². The van der Waals surface area contributed by atoms with Crippen molar-refractivity contribution in [2.45, 2.75) is 25.9 Å². The largest absolute Gasteiger partial charge is 0.391 e. The van der Waals surface area contributed by atoms with Gasteiger partial charge < -0.3 is 10.0 Å². The molecule has 3 heteroatoms. The van der Waals surface area contributed by atoms with Crippen LogP contribution in [0.2, 0.25) is 5.02 Å². The van der Waals surface area contributed by atoms with E-state index in [1.807, 2.05) is 19.1 Å². The van der Waals surface area contributed by atoms with Crippen molar-refractivity contribution in [3.63, 3.8) is 0 Å². The van der Waals surface area contributed by atoms with Gasteiger partial charge in [0.05, 0.1) is 6.10 Å². The highest BCUT2D eigenvalue weighted by Gasteiger charge is 2.19. The van der Waals surface area contributed by atoms with Crippen molar-refractivity contribution >= 4 is 17.3 Å². The summed E-state index contributed by atoms with van der Waals surface area (Å²) in [6.07, 6.45) is 1.76. The van der Waals surface area contributed by atoms with E-state index >= 15 is 0 Å². The third kappa shape index (κ3) is 2.27. The molecule has 0 spiro atoms. The number of hydrogen-bond acceptors (Lipinski definition) is 2. The van der Waals surface area contributed by atoms with Crippen molar-refractivity contribution in [1.29, 1.82) is 0 Å². The number of benzene rings is 1. The Hall–Kier alpha value is -0.730. The molecule has 1 saturated heterocycles. The Labute approximate surface area is 95.5 Å². The van der Waals surface area contributed by atoms with Crippen LogP contribution in [0.1, 0.15) is 18.4 Å². The third-order valence-electron chi connectivity index (χ3n) is 2.98. The molecule has 0 amide bonds. The summed E-state index contributed by atoms with van der Waals surface area (Å²) in [5.41, 5.74) is 2.26. The predicted molar refractivity (Wildman–Crippen MR) is 63.6 cm³/mol. The first-order valence-corrected chi connectivity index (χ1v) is 5.74. The summed E-state index contributed by atoms with van der Waals surface area (Å²) < 4.78 is 0. The minimum Gasteiger partial charge on any atom is -0.391 e. The maximum absolute atomic E-state index is 9.63. The maximum atomic E-state index is 9.63. The quantitative estimate of drug-likeness (QED) is 0.794. The number of nitrogens with zero attached hydrogens (tertiary/aromatic N) is 1. The molecule has 0 bridgehead atoms. The number of hydrogen-bond donors (Lipinski definition) is 1. The summed E-state index contributed by atoms with van der Waals surface area (Å²) in [7, 11) is 0. The van der Waals surface area contributed by atoms with Crippen LogP contribution >= 0.6 is 11.6 Å². The molecular weight excluding hydrogens is 210 g/mol. The van der Waals surface area contributed by atoms with Crippen LogP contribution in [0.25, 0.3) is 0 Å². The highest BCUT2D eigenvalue weighted by Crippen LogP contribution is 2.28. The molecule has 1 aromatic carbocycles. The van der Waals surface area contributed by atoms with Gasteiger partial charge in [-0.3, -0.25) is 0 Å². The van der Waals surface area contributed by atoms with Crippen molar-refractivity contribution < 1.29 is 5.11 Å². The Bertz CT molecular complexity index is 353. The second-order valence-electron chi connectivity index (χ2n) is 4.13. The molecular formula is C12H16ClNO. The molecule has 1 aliphatic heterocycles. The molecule has 0 saturated carbocycles. The first-order valence-electron chi connectivity index (χ1n) is 5.36. The highest BCUT2D eigenvalue weighted by molar-refractivity contribution is 6.31. The summed E-state index contributed by atoms with van der Waals surface area (Å²) in [5, 5.41) is 10.4. The molecule has 1 aromatic rings. The Morgan fingerprint density at radius 1 is 1.47 bits per heavy atom. The Balaban J connectivity index is 2.24. The van der Waals surface area contributed by atoms with Gasteiger partial charge in [0.15, 0.2) is 0 Å². The minimum absolute atomic E-state index is 0.197. The van der Waals surface area contributed by atoms with Crippen molar-refractivity contribution in [3.8, 4) is 0 Å². The fraction of sp³-hybridized carbons (Fsp3) is 0.500. The number of aliphatic hydroxyl groups excluding tert-OH is 1. The van der Waals surface area contributed by atoms with Crippen LogP contribution in [-0.2, 0) is 0 Å². The van der Waals surface area contributed by atoms with E-state index in [2.05, 4.69) is 11.0 Å². The zero-order chi connectivity index (χ0) is 10.8. The van der Waals surface area contributed by atoms with Gasteiger partial charge in [0.1, 0.15) is 0 Å². The molecule has 15 heavy (non-hydrogen) atoms. The van der Waals surface area contributed by atoms with E-state index in [4.69, 9.17) is 11.6 Å². The van der Waals surface area contributed by atoms with E-state index in [-0.39, 0.29) is 6.10 Å². The van der Waals surface area contributed by atoms with E-state index in [1.54, 1.807) is 0 Å². The van der Waals surface area contributed by atoms with Crippen LogP contribution in [0.3, 0.4) is 0 Å². The lowest BCUT2D eigenvalue weighted by Crippen LogP contribution is -2.38.